The molecule has 0 saturated heterocycles. The number of halogens is 3. The molecular formula is C25H23Cl3N2O2. The van der Waals surface area contributed by atoms with Gasteiger partial charge in [-0.1, -0.05) is 83.3 Å². The Kier molecular flexibility index (Phi) is 8.57. The molecule has 3 aromatic rings. The van der Waals surface area contributed by atoms with Gasteiger partial charge in [-0.2, -0.15) is 0 Å². The molecule has 0 aliphatic heterocycles. The topological polar surface area (TPSA) is 49.4 Å². The summed E-state index contributed by atoms with van der Waals surface area (Å²) in [4.78, 5) is 28.0. The number of carbonyl (C=O) groups excluding carboxylic acids is 2. The van der Waals surface area contributed by atoms with Crippen molar-refractivity contribution in [2.45, 2.75) is 25.4 Å². The van der Waals surface area contributed by atoms with Crippen LogP contribution in [0.5, 0.6) is 0 Å². The van der Waals surface area contributed by atoms with Crippen molar-refractivity contribution in [3.05, 3.63) is 105 Å². The first-order valence-corrected chi connectivity index (χ1v) is 11.2. The van der Waals surface area contributed by atoms with E-state index in [0.29, 0.717) is 21.5 Å². The summed E-state index contributed by atoms with van der Waals surface area (Å²) in [6.45, 7) is 0.242. The van der Waals surface area contributed by atoms with E-state index >= 15 is 0 Å². The maximum atomic E-state index is 13.5. The third kappa shape index (κ3) is 6.49. The fourth-order valence-electron chi connectivity index (χ4n) is 3.48. The molecule has 2 amide bonds. The van der Waals surface area contributed by atoms with Crippen LogP contribution in [0.3, 0.4) is 0 Å². The summed E-state index contributed by atoms with van der Waals surface area (Å²) < 4.78 is 0. The van der Waals surface area contributed by atoms with Crippen LogP contribution < -0.4 is 5.32 Å². The Balaban J connectivity index is 1.95. The second-order valence-corrected chi connectivity index (χ2v) is 8.65. The van der Waals surface area contributed by atoms with E-state index in [-0.39, 0.29) is 24.8 Å². The molecule has 0 aliphatic rings. The van der Waals surface area contributed by atoms with Gasteiger partial charge in [0, 0.05) is 25.0 Å². The van der Waals surface area contributed by atoms with Crippen LogP contribution in [-0.2, 0) is 29.0 Å². The van der Waals surface area contributed by atoms with Gasteiger partial charge in [0.1, 0.15) is 6.04 Å². The summed E-state index contributed by atoms with van der Waals surface area (Å²) >= 11 is 18.3. The van der Waals surface area contributed by atoms with Crippen LogP contribution >= 0.6 is 34.8 Å². The number of hydrogen-bond donors (Lipinski definition) is 1. The molecule has 3 rings (SSSR count). The van der Waals surface area contributed by atoms with E-state index in [9.17, 15) is 9.59 Å². The smallest absolute Gasteiger partial charge is 0.242 e. The van der Waals surface area contributed by atoms with Crippen molar-refractivity contribution >= 4 is 46.6 Å². The zero-order valence-electron chi connectivity index (χ0n) is 17.5. The zero-order chi connectivity index (χ0) is 23.1. The second-order valence-electron chi connectivity index (χ2n) is 7.40. The number of hydrogen-bond acceptors (Lipinski definition) is 2. The van der Waals surface area contributed by atoms with Crippen LogP contribution in [0.1, 0.15) is 16.7 Å². The van der Waals surface area contributed by atoms with Gasteiger partial charge in [0.25, 0.3) is 0 Å². The summed E-state index contributed by atoms with van der Waals surface area (Å²) in [6.07, 6.45) is 0.466. The predicted octanol–water partition coefficient (Wildman–Crippen LogP) is 5.58. The van der Waals surface area contributed by atoms with Crippen molar-refractivity contribution in [1.82, 2.24) is 10.2 Å². The fourth-order valence-corrected chi connectivity index (χ4v) is 4.01. The quantitative estimate of drug-likeness (QED) is 0.449. The highest BCUT2D eigenvalue weighted by Crippen LogP contribution is 2.24. The molecule has 1 atom stereocenters. The predicted molar refractivity (Wildman–Crippen MR) is 130 cm³/mol. The van der Waals surface area contributed by atoms with E-state index in [4.69, 9.17) is 34.8 Å². The van der Waals surface area contributed by atoms with E-state index < -0.39 is 6.04 Å². The Morgan fingerprint density at radius 2 is 1.56 bits per heavy atom. The van der Waals surface area contributed by atoms with Crippen molar-refractivity contribution in [2.24, 2.45) is 0 Å². The first kappa shape index (κ1) is 24.1. The first-order chi connectivity index (χ1) is 15.4. The number of benzene rings is 3. The molecular weight excluding hydrogens is 467 g/mol. The number of carbonyl (C=O) groups is 2. The average Bonchev–Trinajstić information content (AvgIpc) is 2.79. The molecule has 0 bridgehead atoms. The SMILES string of the molecule is CNC(=O)C(Cc1ccccc1)N(Cc1cccc(Cl)c1)C(=O)Cc1ccc(Cl)c(Cl)c1. The fraction of sp³-hybridized carbons (Fsp3) is 0.200. The van der Waals surface area contributed by atoms with Gasteiger partial charge in [0.05, 0.1) is 16.5 Å². The van der Waals surface area contributed by atoms with E-state index in [2.05, 4.69) is 5.32 Å². The van der Waals surface area contributed by atoms with Gasteiger partial charge in [0.2, 0.25) is 11.8 Å². The lowest BCUT2D eigenvalue weighted by atomic mass is 10.0. The van der Waals surface area contributed by atoms with Crippen LogP contribution in [0.25, 0.3) is 0 Å². The van der Waals surface area contributed by atoms with E-state index in [0.717, 1.165) is 16.7 Å². The molecule has 1 unspecified atom stereocenters. The molecule has 7 heteroatoms. The van der Waals surface area contributed by atoms with Gasteiger partial charge < -0.3 is 10.2 Å². The summed E-state index contributed by atoms with van der Waals surface area (Å²) in [5.74, 6) is -0.439. The van der Waals surface area contributed by atoms with Crippen LogP contribution in [0.15, 0.2) is 72.8 Å². The summed E-state index contributed by atoms with van der Waals surface area (Å²) in [6, 6.07) is 21.3. The Morgan fingerprint density at radius 3 is 2.22 bits per heavy atom. The van der Waals surface area contributed by atoms with Crippen molar-refractivity contribution in [2.75, 3.05) is 7.05 Å². The normalized spacial score (nSPS) is 11.6. The third-order valence-corrected chi connectivity index (χ3v) is 6.07. The van der Waals surface area contributed by atoms with E-state index in [1.807, 2.05) is 42.5 Å². The second kappa shape index (κ2) is 11.4. The molecule has 0 spiro atoms. The highest BCUT2D eigenvalue weighted by molar-refractivity contribution is 6.42. The average molecular weight is 490 g/mol. The Labute approximate surface area is 203 Å². The summed E-state index contributed by atoms with van der Waals surface area (Å²) in [7, 11) is 1.57. The lowest BCUT2D eigenvalue weighted by Crippen LogP contribution is -2.50. The largest absolute Gasteiger partial charge is 0.357 e. The van der Waals surface area contributed by atoms with Gasteiger partial charge in [-0.05, 0) is 41.0 Å². The number of nitrogens with one attached hydrogen (secondary N) is 1. The van der Waals surface area contributed by atoms with Crippen molar-refractivity contribution < 1.29 is 9.59 Å². The minimum absolute atomic E-state index is 0.0831. The molecule has 32 heavy (non-hydrogen) atoms. The lowest BCUT2D eigenvalue weighted by Gasteiger charge is -2.31. The standard InChI is InChI=1S/C25H23Cl3N2O2/c1-29-25(32)23(14-17-6-3-2-4-7-17)30(16-19-8-5-9-20(26)12-19)24(31)15-18-10-11-21(27)22(28)13-18/h2-13,23H,14-16H2,1H3,(H,29,32). The van der Waals surface area contributed by atoms with Gasteiger partial charge in [-0.25, -0.2) is 0 Å². The Hall–Kier alpha value is -2.53. The number of likely N-dealkylation sites (N-methyl/N-ethyl adjacent to an activating group) is 1. The maximum absolute atomic E-state index is 13.5. The minimum Gasteiger partial charge on any atom is -0.357 e. The molecule has 4 nitrogen and oxygen atoms in total. The summed E-state index contributed by atoms with van der Waals surface area (Å²) in [5, 5.41) is 4.07. The maximum Gasteiger partial charge on any atom is 0.242 e. The third-order valence-electron chi connectivity index (χ3n) is 5.10. The summed E-state index contributed by atoms with van der Waals surface area (Å²) in [5.41, 5.74) is 2.51. The highest BCUT2D eigenvalue weighted by atomic mass is 35.5. The van der Waals surface area contributed by atoms with Gasteiger partial charge >= 0.3 is 0 Å². The Bertz CT molecular complexity index is 1090. The van der Waals surface area contributed by atoms with Gasteiger partial charge in [-0.3, -0.25) is 9.59 Å². The zero-order valence-corrected chi connectivity index (χ0v) is 19.8. The van der Waals surface area contributed by atoms with E-state index in [1.165, 1.54) is 0 Å². The molecule has 0 aromatic heterocycles. The molecule has 166 valence electrons. The van der Waals surface area contributed by atoms with Crippen molar-refractivity contribution in [3.8, 4) is 0 Å². The van der Waals surface area contributed by atoms with Crippen molar-refractivity contribution in [1.29, 1.82) is 0 Å². The van der Waals surface area contributed by atoms with Crippen LogP contribution in [0.4, 0.5) is 0 Å². The Morgan fingerprint density at radius 1 is 0.844 bits per heavy atom. The molecule has 0 saturated carbocycles. The molecule has 0 radical (unpaired) electrons. The van der Waals surface area contributed by atoms with Crippen molar-refractivity contribution in [3.63, 3.8) is 0 Å². The van der Waals surface area contributed by atoms with Gasteiger partial charge in [-0.15, -0.1) is 0 Å². The van der Waals surface area contributed by atoms with Gasteiger partial charge in [0.15, 0.2) is 0 Å². The number of rotatable bonds is 8. The lowest BCUT2D eigenvalue weighted by molar-refractivity contribution is -0.140. The molecule has 0 heterocycles. The number of amides is 2. The minimum atomic E-state index is -0.698. The van der Waals surface area contributed by atoms with Crippen LogP contribution in [0.2, 0.25) is 15.1 Å². The molecule has 1 N–H and O–H groups in total. The molecule has 0 fully saturated rings. The van der Waals surface area contributed by atoms with Crippen LogP contribution in [0, 0.1) is 0 Å². The number of nitrogens with zero attached hydrogens (tertiary/aromatic N) is 1. The molecule has 3 aromatic carbocycles. The molecule has 0 aliphatic carbocycles. The first-order valence-electron chi connectivity index (χ1n) is 10.1. The highest BCUT2D eigenvalue weighted by Gasteiger charge is 2.30. The monoisotopic (exact) mass is 488 g/mol. The van der Waals surface area contributed by atoms with E-state index in [1.54, 1.807) is 42.3 Å². The van der Waals surface area contributed by atoms with Crippen LogP contribution in [-0.4, -0.2) is 29.8 Å².